The molecule has 0 bridgehead atoms. The van der Waals surface area contributed by atoms with Crippen LogP contribution in [0.5, 0.6) is 5.75 Å². The fourth-order valence-electron chi connectivity index (χ4n) is 3.29. The first-order valence-corrected chi connectivity index (χ1v) is 9.33. The number of hydrogen-bond donors (Lipinski definition) is 1. The summed E-state index contributed by atoms with van der Waals surface area (Å²) in [5, 5.41) is 2.93. The molecule has 1 saturated heterocycles. The van der Waals surface area contributed by atoms with E-state index in [-0.39, 0.29) is 17.8 Å². The van der Waals surface area contributed by atoms with E-state index in [2.05, 4.69) is 10.2 Å². The molecule has 1 heterocycles. The molecular weight excluding hydrogens is 359 g/mol. The average molecular weight is 384 g/mol. The first-order chi connectivity index (χ1) is 13.7. The van der Waals surface area contributed by atoms with Gasteiger partial charge in [-0.3, -0.25) is 9.69 Å². The number of benzene rings is 2. The Morgan fingerprint density at radius 3 is 2.79 bits per heavy atom. The second-order valence-corrected chi connectivity index (χ2v) is 6.54. The number of ether oxygens (including phenoxy) is 2. The van der Waals surface area contributed by atoms with E-state index in [9.17, 15) is 9.18 Å². The van der Waals surface area contributed by atoms with E-state index in [1.54, 1.807) is 19.3 Å². The predicted octanol–water partition coefficient (Wildman–Crippen LogP) is 3.04. The van der Waals surface area contributed by atoms with Gasteiger partial charge in [0.05, 0.1) is 26.4 Å². The molecule has 0 aromatic heterocycles. The maximum absolute atomic E-state index is 13.7. The molecule has 1 amide bonds. The molecule has 28 heavy (non-hydrogen) atoms. The van der Waals surface area contributed by atoms with Crippen LogP contribution in [-0.2, 0) is 9.53 Å². The summed E-state index contributed by atoms with van der Waals surface area (Å²) in [5.74, 6) is 0.219. The van der Waals surface area contributed by atoms with E-state index in [4.69, 9.17) is 9.47 Å². The highest BCUT2D eigenvalue weighted by Crippen LogP contribution is 2.22. The van der Waals surface area contributed by atoms with Crippen molar-refractivity contribution in [3.05, 3.63) is 71.6 Å². The highest BCUT2D eigenvalue weighted by atomic mass is 19.1. The Hall–Kier alpha value is -2.70. The molecule has 1 atom stereocenters. The van der Waals surface area contributed by atoms with E-state index in [0.717, 1.165) is 24.2 Å². The van der Waals surface area contributed by atoms with Gasteiger partial charge in [-0.15, -0.1) is 0 Å². The third-order valence-corrected chi connectivity index (χ3v) is 4.74. The normalized spacial score (nSPS) is 16.1. The van der Waals surface area contributed by atoms with Crippen LogP contribution in [0.25, 0.3) is 6.08 Å². The minimum atomic E-state index is -0.279. The van der Waals surface area contributed by atoms with E-state index in [1.165, 1.54) is 18.2 Å². The first kappa shape index (κ1) is 20.0. The number of carbonyl (C=O) groups excluding carboxylic acids is 1. The lowest BCUT2D eigenvalue weighted by atomic mass is 10.0. The summed E-state index contributed by atoms with van der Waals surface area (Å²) in [6.07, 6.45) is 3.21. The Balaban J connectivity index is 1.67. The molecule has 1 aliphatic heterocycles. The first-order valence-electron chi connectivity index (χ1n) is 9.33. The quantitative estimate of drug-likeness (QED) is 0.746. The second kappa shape index (κ2) is 10.0. The number of nitrogens with zero attached hydrogens (tertiary/aromatic N) is 1. The molecule has 1 aliphatic rings. The molecule has 1 fully saturated rings. The van der Waals surface area contributed by atoms with Crippen molar-refractivity contribution < 1.29 is 18.7 Å². The third-order valence-electron chi connectivity index (χ3n) is 4.74. The second-order valence-electron chi connectivity index (χ2n) is 6.54. The van der Waals surface area contributed by atoms with Crippen LogP contribution in [0.1, 0.15) is 17.2 Å². The van der Waals surface area contributed by atoms with Gasteiger partial charge in [0.1, 0.15) is 11.6 Å². The molecule has 0 saturated carbocycles. The Bertz CT molecular complexity index is 819. The zero-order valence-electron chi connectivity index (χ0n) is 15.9. The number of para-hydroxylation sites is 1. The summed E-state index contributed by atoms with van der Waals surface area (Å²) >= 11 is 0. The summed E-state index contributed by atoms with van der Waals surface area (Å²) in [5.41, 5.74) is 1.67. The number of hydrogen-bond acceptors (Lipinski definition) is 4. The van der Waals surface area contributed by atoms with Gasteiger partial charge in [-0.2, -0.15) is 0 Å². The maximum atomic E-state index is 13.7. The van der Waals surface area contributed by atoms with Gasteiger partial charge in [-0.1, -0.05) is 30.3 Å². The molecule has 0 spiro atoms. The zero-order chi connectivity index (χ0) is 19.8. The lowest BCUT2D eigenvalue weighted by Gasteiger charge is -2.34. The molecule has 3 rings (SSSR count). The van der Waals surface area contributed by atoms with E-state index in [0.29, 0.717) is 25.5 Å². The summed E-state index contributed by atoms with van der Waals surface area (Å²) < 4.78 is 24.4. The van der Waals surface area contributed by atoms with Crippen molar-refractivity contribution in [2.75, 3.05) is 40.0 Å². The summed E-state index contributed by atoms with van der Waals surface area (Å²) in [6.45, 7) is 3.14. The highest BCUT2D eigenvalue weighted by Gasteiger charge is 2.23. The van der Waals surface area contributed by atoms with Crippen LogP contribution in [0, 0.1) is 5.82 Å². The molecule has 2 aromatic carbocycles. The van der Waals surface area contributed by atoms with Crippen LogP contribution in [-0.4, -0.2) is 50.8 Å². The van der Waals surface area contributed by atoms with Gasteiger partial charge in [0.25, 0.3) is 0 Å². The Morgan fingerprint density at radius 1 is 1.25 bits per heavy atom. The van der Waals surface area contributed by atoms with Crippen molar-refractivity contribution in [3.63, 3.8) is 0 Å². The molecule has 1 unspecified atom stereocenters. The number of halogens is 1. The number of carbonyl (C=O) groups is 1. The number of amides is 1. The predicted molar refractivity (Wildman–Crippen MR) is 107 cm³/mol. The van der Waals surface area contributed by atoms with Crippen LogP contribution < -0.4 is 10.1 Å². The van der Waals surface area contributed by atoms with E-state index < -0.39 is 0 Å². The largest absolute Gasteiger partial charge is 0.496 e. The fourth-order valence-corrected chi connectivity index (χ4v) is 3.29. The monoisotopic (exact) mass is 384 g/mol. The van der Waals surface area contributed by atoms with Crippen molar-refractivity contribution in [2.24, 2.45) is 0 Å². The van der Waals surface area contributed by atoms with Crippen molar-refractivity contribution in [3.8, 4) is 5.75 Å². The third kappa shape index (κ3) is 5.41. The van der Waals surface area contributed by atoms with Gasteiger partial charge in [0.2, 0.25) is 5.91 Å². The van der Waals surface area contributed by atoms with Crippen LogP contribution in [0.2, 0.25) is 0 Å². The number of nitrogens with one attached hydrogen (secondary N) is 1. The Labute approximate surface area is 164 Å². The van der Waals surface area contributed by atoms with Gasteiger partial charge in [0.15, 0.2) is 0 Å². The van der Waals surface area contributed by atoms with Gasteiger partial charge >= 0.3 is 0 Å². The minimum Gasteiger partial charge on any atom is -0.496 e. The topological polar surface area (TPSA) is 50.8 Å². The summed E-state index contributed by atoms with van der Waals surface area (Å²) in [6, 6.07) is 13.9. The van der Waals surface area contributed by atoms with Crippen LogP contribution in [0.4, 0.5) is 4.39 Å². The van der Waals surface area contributed by atoms with E-state index in [1.807, 2.05) is 30.3 Å². The maximum Gasteiger partial charge on any atom is 0.244 e. The Kier molecular flexibility index (Phi) is 7.17. The molecule has 1 N–H and O–H groups in total. The lowest BCUT2D eigenvalue weighted by molar-refractivity contribution is -0.116. The van der Waals surface area contributed by atoms with Gasteiger partial charge < -0.3 is 14.8 Å². The van der Waals surface area contributed by atoms with Gasteiger partial charge in [0, 0.05) is 31.3 Å². The van der Waals surface area contributed by atoms with Crippen molar-refractivity contribution in [1.29, 1.82) is 0 Å². The van der Waals surface area contributed by atoms with Crippen molar-refractivity contribution >= 4 is 12.0 Å². The molecule has 2 aromatic rings. The van der Waals surface area contributed by atoms with Crippen molar-refractivity contribution in [2.45, 2.75) is 6.04 Å². The summed E-state index contributed by atoms with van der Waals surface area (Å²) in [7, 11) is 1.60. The molecule has 148 valence electrons. The van der Waals surface area contributed by atoms with Gasteiger partial charge in [-0.25, -0.2) is 4.39 Å². The minimum absolute atomic E-state index is 0.108. The number of morpholine rings is 1. The fraction of sp³-hybridized carbons (Fsp3) is 0.318. The highest BCUT2D eigenvalue weighted by molar-refractivity contribution is 5.92. The number of methoxy groups -OCH3 is 1. The molecule has 6 heteroatoms. The van der Waals surface area contributed by atoms with Crippen LogP contribution in [0.15, 0.2) is 54.6 Å². The molecule has 0 aliphatic carbocycles. The van der Waals surface area contributed by atoms with E-state index >= 15 is 0 Å². The Morgan fingerprint density at radius 2 is 2.04 bits per heavy atom. The molecule has 0 radical (unpaired) electrons. The summed E-state index contributed by atoms with van der Waals surface area (Å²) in [4.78, 5) is 14.6. The lowest BCUT2D eigenvalue weighted by Crippen LogP contribution is -2.43. The number of rotatable bonds is 7. The smallest absolute Gasteiger partial charge is 0.244 e. The van der Waals surface area contributed by atoms with Gasteiger partial charge in [-0.05, 0) is 29.8 Å². The van der Waals surface area contributed by atoms with Crippen molar-refractivity contribution in [1.82, 2.24) is 10.2 Å². The average Bonchev–Trinajstić information content (AvgIpc) is 2.73. The molecule has 5 nitrogen and oxygen atoms in total. The zero-order valence-corrected chi connectivity index (χ0v) is 15.9. The van der Waals surface area contributed by atoms with Crippen LogP contribution >= 0.6 is 0 Å². The SMILES string of the molecule is COc1ccccc1/C=C/C(=O)NCC(c1cccc(F)c1)N1CCOCC1. The standard InChI is InChI=1S/C22H25FN2O3/c1-27-21-8-3-2-5-17(21)9-10-22(26)24-16-20(25-11-13-28-14-12-25)18-6-4-7-19(23)15-18/h2-10,15,20H,11-14,16H2,1H3,(H,24,26)/b10-9+. The molecular formula is C22H25FN2O3. The van der Waals surface area contributed by atoms with Crippen LogP contribution in [0.3, 0.4) is 0 Å².